The number of hydrogen-bond acceptors (Lipinski definition) is 4. The molecule has 1 N–H and O–H groups in total. The van der Waals surface area contributed by atoms with Crippen LogP contribution in [0.4, 0.5) is 0 Å². The topological polar surface area (TPSA) is 39.1 Å². The van der Waals surface area contributed by atoms with Gasteiger partial charge in [0.1, 0.15) is 0 Å². The fourth-order valence-corrected chi connectivity index (χ4v) is 3.01. The lowest BCUT2D eigenvalue weighted by Gasteiger charge is -2.17. The Hall–Kier alpha value is -1.46. The molecule has 1 atom stereocenters. The van der Waals surface area contributed by atoms with Gasteiger partial charge in [-0.25, -0.2) is 0 Å². The molecule has 5 heteroatoms. The molecule has 19 heavy (non-hydrogen) atoms. The smallest absolute Gasteiger partial charge is 0.161 e. The van der Waals surface area contributed by atoms with E-state index in [1.54, 1.807) is 13.3 Å². The Labute approximate surface area is 118 Å². The van der Waals surface area contributed by atoms with Crippen LogP contribution in [0.15, 0.2) is 41.4 Å². The largest absolute Gasteiger partial charge is 0.493 e. The van der Waals surface area contributed by atoms with Crippen molar-refractivity contribution in [1.82, 2.24) is 15.1 Å². The van der Waals surface area contributed by atoms with Gasteiger partial charge >= 0.3 is 0 Å². The van der Waals surface area contributed by atoms with Crippen molar-refractivity contribution in [3.63, 3.8) is 0 Å². The molecule has 1 unspecified atom stereocenters. The van der Waals surface area contributed by atoms with Gasteiger partial charge in [-0.1, -0.05) is 18.2 Å². The predicted molar refractivity (Wildman–Crippen MR) is 78.7 cm³/mol. The summed E-state index contributed by atoms with van der Waals surface area (Å²) in [6.07, 6.45) is 1.76. The van der Waals surface area contributed by atoms with E-state index in [1.165, 1.54) is 4.90 Å². The first kappa shape index (κ1) is 14.0. The van der Waals surface area contributed by atoms with E-state index in [2.05, 4.69) is 34.7 Å². The molecule has 2 rings (SSSR count). The number of methoxy groups -OCH3 is 1. The van der Waals surface area contributed by atoms with Crippen LogP contribution in [0.3, 0.4) is 0 Å². The Morgan fingerprint density at radius 1 is 1.37 bits per heavy atom. The molecule has 0 spiro atoms. The predicted octanol–water partition coefficient (Wildman–Crippen LogP) is 2.48. The van der Waals surface area contributed by atoms with E-state index in [9.17, 15) is 0 Å². The molecule has 0 aliphatic carbocycles. The summed E-state index contributed by atoms with van der Waals surface area (Å²) in [6, 6.07) is 10.6. The minimum absolute atomic E-state index is 0.202. The summed E-state index contributed by atoms with van der Waals surface area (Å²) in [5.41, 5.74) is 1.08. The number of aryl methyl sites for hydroxylation is 1. The summed E-state index contributed by atoms with van der Waals surface area (Å²) < 4.78 is 7.24. The summed E-state index contributed by atoms with van der Waals surface area (Å²) in [5, 5.41) is 7.58. The monoisotopic (exact) mass is 277 g/mol. The highest BCUT2D eigenvalue weighted by molar-refractivity contribution is 7.99. The molecule has 2 aromatic rings. The number of aromatic nitrogens is 2. The van der Waals surface area contributed by atoms with Crippen molar-refractivity contribution in [1.29, 1.82) is 0 Å². The fraction of sp³-hybridized carbons (Fsp3) is 0.357. The fourth-order valence-electron chi connectivity index (χ4n) is 1.98. The summed E-state index contributed by atoms with van der Waals surface area (Å²) in [7, 11) is 5.58. The maximum atomic E-state index is 5.37. The third-order valence-electron chi connectivity index (χ3n) is 3.01. The average molecular weight is 277 g/mol. The van der Waals surface area contributed by atoms with Gasteiger partial charge in [-0.2, -0.15) is 5.10 Å². The average Bonchev–Trinajstić information content (AvgIpc) is 2.82. The molecule has 0 aliphatic rings. The molecule has 0 fully saturated rings. The maximum absolute atomic E-state index is 5.37. The van der Waals surface area contributed by atoms with Crippen molar-refractivity contribution < 1.29 is 4.74 Å². The van der Waals surface area contributed by atoms with Crippen LogP contribution in [0.25, 0.3) is 0 Å². The minimum atomic E-state index is 0.202. The lowest BCUT2D eigenvalue weighted by atomic mass is 10.2. The molecular formula is C14H19N3OS. The highest BCUT2D eigenvalue weighted by Crippen LogP contribution is 2.29. The molecule has 0 saturated carbocycles. The van der Waals surface area contributed by atoms with Crippen molar-refractivity contribution >= 4 is 11.8 Å². The number of nitrogens with one attached hydrogen (secondary N) is 1. The zero-order chi connectivity index (χ0) is 13.7. The van der Waals surface area contributed by atoms with E-state index in [1.807, 2.05) is 36.6 Å². The van der Waals surface area contributed by atoms with E-state index in [0.717, 1.165) is 17.2 Å². The normalized spacial score (nSPS) is 12.4. The number of thioether (sulfide) groups is 1. The summed E-state index contributed by atoms with van der Waals surface area (Å²) in [5.74, 6) is 1.76. The molecule has 1 heterocycles. The van der Waals surface area contributed by atoms with Crippen LogP contribution < -0.4 is 10.1 Å². The van der Waals surface area contributed by atoms with Gasteiger partial charge in [0.25, 0.3) is 0 Å². The summed E-state index contributed by atoms with van der Waals surface area (Å²) in [6.45, 7) is 0. The second kappa shape index (κ2) is 6.63. The zero-order valence-electron chi connectivity index (χ0n) is 11.5. The Kier molecular flexibility index (Phi) is 4.87. The van der Waals surface area contributed by atoms with Gasteiger partial charge in [0.15, 0.2) is 5.75 Å². The van der Waals surface area contributed by atoms with E-state index in [4.69, 9.17) is 4.74 Å². The Balaban J connectivity index is 2.10. The van der Waals surface area contributed by atoms with Crippen molar-refractivity contribution in [3.05, 3.63) is 42.2 Å². The molecule has 1 aromatic heterocycles. The maximum Gasteiger partial charge on any atom is 0.161 e. The third kappa shape index (κ3) is 3.30. The Bertz CT molecular complexity index is 513. The summed E-state index contributed by atoms with van der Waals surface area (Å²) in [4.78, 5) is 1.27. The van der Waals surface area contributed by atoms with Crippen molar-refractivity contribution in [2.45, 2.75) is 10.9 Å². The molecule has 0 radical (unpaired) electrons. The number of ether oxygens (including phenoxy) is 1. The standard InChI is InChI=1S/C14H19N3OS/c1-15-12(10-19-11-7-5-4-6-8-11)14-13(18-3)9-16-17(14)2/h4-9,12,15H,10H2,1-3H3. The second-order valence-corrected chi connectivity index (χ2v) is 5.28. The molecule has 1 aromatic carbocycles. The van der Waals surface area contributed by atoms with Gasteiger partial charge < -0.3 is 10.1 Å². The van der Waals surface area contributed by atoms with Crippen LogP contribution in [0.5, 0.6) is 5.75 Å². The van der Waals surface area contributed by atoms with E-state index in [0.29, 0.717) is 0 Å². The molecule has 4 nitrogen and oxygen atoms in total. The number of rotatable bonds is 6. The first-order valence-electron chi connectivity index (χ1n) is 6.17. The molecule has 0 saturated heterocycles. The lowest BCUT2D eigenvalue weighted by molar-refractivity contribution is 0.401. The minimum Gasteiger partial charge on any atom is -0.493 e. The van der Waals surface area contributed by atoms with Crippen molar-refractivity contribution in [2.75, 3.05) is 19.9 Å². The van der Waals surface area contributed by atoms with Crippen LogP contribution in [0, 0.1) is 0 Å². The van der Waals surface area contributed by atoms with Crippen LogP contribution in [-0.2, 0) is 7.05 Å². The van der Waals surface area contributed by atoms with Gasteiger partial charge in [0, 0.05) is 17.7 Å². The molecule has 102 valence electrons. The number of nitrogens with zero attached hydrogens (tertiary/aromatic N) is 2. The molecular weight excluding hydrogens is 258 g/mol. The van der Waals surface area contributed by atoms with E-state index < -0.39 is 0 Å². The van der Waals surface area contributed by atoms with Gasteiger partial charge in [-0.15, -0.1) is 11.8 Å². The van der Waals surface area contributed by atoms with Crippen LogP contribution in [-0.4, -0.2) is 29.7 Å². The van der Waals surface area contributed by atoms with Gasteiger partial charge in [-0.05, 0) is 19.2 Å². The zero-order valence-corrected chi connectivity index (χ0v) is 12.3. The Morgan fingerprint density at radius 3 is 2.74 bits per heavy atom. The molecule has 0 aliphatic heterocycles. The molecule has 0 amide bonds. The second-order valence-electron chi connectivity index (χ2n) is 4.19. The molecule has 0 bridgehead atoms. The summed E-state index contributed by atoms with van der Waals surface area (Å²) >= 11 is 1.82. The third-order valence-corrected chi connectivity index (χ3v) is 4.11. The highest BCUT2D eigenvalue weighted by atomic mass is 32.2. The van der Waals surface area contributed by atoms with Gasteiger partial charge in [0.05, 0.1) is 25.0 Å². The first-order chi connectivity index (χ1) is 9.26. The van der Waals surface area contributed by atoms with E-state index >= 15 is 0 Å². The SMILES string of the molecule is CNC(CSc1ccccc1)c1c(OC)cnn1C. The van der Waals surface area contributed by atoms with Gasteiger partial charge in [0.2, 0.25) is 0 Å². The van der Waals surface area contributed by atoms with Crippen LogP contribution in [0.2, 0.25) is 0 Å². The number of benzene rings is 1. The number of hydrogen-bond donors (Lipinski definition) is 1. The van der Waals surface area contributed by atoms with Crippen molar-refractivity contribution in [2.24, 2.45) is 7.05 Å². The lowest BCUT2D eigenvalue weighted by Crippen LogP contribution is -2.22. The highest BCUT2D eigenvalue weighted by Gasteiger charge is 2.19. The van der Waals surface area contributed by atoms with Crippen molar-refractivity contribution in [3.8, 4) is 5.75 Å². The van der Waals surface area contributed by atoms with Crippen LogP contribution >= 0.6 is 11.8 Å². The first-order valence-corrected chi connectivity index (χ1v) is 7.15. The van der Waals surface area contributed by atoms with Gasteiger partial charge in [-0.3, -0.25) is 4.68 Å². The van der Waals surface area contributed by atoms with Crippen LogP contribution in [0.1, 0.15) is 11.7 Å². The Morgan fingerprint density at radius 2 is 2.11 bits per heavy atom. The quantitative estimate of drug-likeness (QED) is 0.823. The van der Waals surface area contributed by atoms with E-state index in [-0.39, 0.29) is 6.04 Å².